The molecule has 4 heteroatoms. The summed E-state index contributed by atoms with van der Waals surface area (Å²) in [4.78, 5) is 0. The lowest BCUT2D eigenvalue weighted by Gasteiger charge is -2.34. The summed E-state index contributed by atoms with van der Waals surface area (Å²) in [6.45, 7) is 8.17. The molecule has 0 spiro atoms. The molecular weight excluding hydrogens is 257 g/mol. The summed E-state index contributed by atoms with van der Waals surface area (Å²) < 4.78 is 24.8. The summed E-state index contributed by atoms with van der Waals surface area (Å²) >= 11 is 0. The van der Waals surface area contributed by atoms with Gasteiger partial charge in [0.25, 0.3) is 0 Å². The average molecular weight is 281 g/mol. The van der Waals surface area contributed by atoms with Gasteiger partial charge in [-0.3, -0.25) is 0 Å². The Hall–Kier alpha value is -1.13. The van der Waals surface area contributed by atoms with Crippen LogP contribution < -0.4 is 10.1 Å². The van der Waals surface area contributed by atoms with Gasteiger partial charge in [0.15, 0.2) is 11.6 Å². The number of halogens is 1. The highest BCUT2D eigenvalue weighted by Gasteiger charge is 2.27. The minimum Gasteiger partial charge on any atom is -0.494 e. The predicted octanol–water partition coefficient (Wildman–Crippen LogP) is 3.30. The number of hydrogen-bond donors (Lipinski definition) is 1. The summed E-state index contributed by atoms with van der Waals surface area (Å²) in [6, 6.07) is 5.03. The van der Waals surface area contributed by atoms with Crippen LogP contribution in [-0.4, -0.2) is 26.3 Å². The van der Waals surface area contributed by atoms with E-state index in [-0.39, 0.29) is 29.2 Å². The molecule has 2 rings (SSSR count). The molecule has 1 saturated heterocycles. The second-order valence-corrected chi connectivity index (χ2v) is 6.56. The molecule has 0 bridgehead atoms. The van der Waals surface area contributed by atoms with E-state index in [1.807, 2.05) is 6.07 Å². The van der Waals surface area contributed by atoms with Crippen molar-refractivity contribution < 1.29 is 13.9 Å². The van der Waals surface area contributed by atoms with Gasteiger partial charge < -0.3 is 14.8 Å². The van der Waals surface area contributed by atoms with Crippen molar-refractivity contribution in [2.45, 2.75) is 39.4 Å². The highest BCUT2D eigenvalue weighted by Crippen LogP contribution is 2.30. The Kier molecular flexibility index (Phi) is 4.66. The number of nitrogens with one attached hydrogen (secondary N) is 1. The van der Waals surface area contributed by atoms with Gasteiger partial charge in [0.05, 0.1) is 19.3 Å². The standard InChI is InChI=1S/C16H24FNO2/c1-16(2,3)8-12-9-18-10-15(20-12)11-5-6-14(19-4)13(17)7-11/h5-7,12,15,18H,8-10H2,1-4H3. The third-order valence-corrected chi connectivity index (χ3v) is 3.45. The number of hydrogen-bond acceptors (Lipinski definition) is 3. The van der Waals surface area contributed by atoms with Gasteiger partial charge in [0, 0.05) is 13.1 Å². The Morgan fingerprint density at radius 1 is 1.35 bits per heavy atom. The molecular formula is C16H24FNO2. The number of rotatable bonds is 3. The minimum absolute atomic E-state index is 0.100. The van der Waals surface area contributed by atoms with Gasteiger partial charge in [0.2, 0.25) is 0 Å². The number of benzene rings is 1. The van der Waals surface area contributed by atoms with Crippen molar-refractivity contribution in [3.8, 4) is 5.75 Å². The van der Waals surface area contributed by atoms with E-state index in [1.165, 1.54) is 13.2 Å². The molecule has 112 valence electrons. The molecule has 0 amide bonds. The zero-order chi connectivity index (χ0) is 14.8. The van der Waals surface area contributed by atoms with E-state index in [0.29, 0.717) is 6.54 Å². The van der Waals surface area contributed by atoms with E-state index in [1.54, 1.807) is 6.07 Å². The molecule has 1 fully saturated rings. The van der Waals surface area contributed by atoms with E-state index in [4.69, 9.17) is 9.47 Å². The average Bonchev–Trinajstić information content (AvgIpc) is 2.37. The van der Waals surface area contributed by atoms with Gasteiger partial charge >= 0.3 is 0 Å². The maximum absolute atomic E-state index is 13.8. The van der Waals surface area contributed by atoms with Gasteiger partial charge in [-0.1, -0.05) is 26.8 Å². The Morgan fingerprint density at radius 3 is 2.70 bits per heavy atom. The van der Waals surface area contributed by atoms with Crippen molar-refractivity contribution in [2.75, 3.05) is 20.2 Å². The lowest BCUT2D eigenvalue weighted by atomic mass is 9.88. The van der Waals surface area contributed by atoms with Crippen molar-refractivity contribution >= 4 is 0 Å². The van der Waals surface area contributed by atoms with Crippen LogP contribution in [0.3, 0.4) is 0 Å². The molecule has 1 aromatic carbocycles. The summed E-state index contributed by atoms with van der Waals surface area (Å²) in [6.07, 6.45) is 1.05. The highest BCUT2D eigenvalue weighted by molar-refractivity contribution is 5.30. The first-order valence-corrected chi connectivity index (χ1v) is 7.08. The van der Waals surface area contributed by atoms with Crippen molar-refractivity contribution in [3.05, 3.63) is 29.6 Å². The molecule has 0 aromatic heterocycles. The molecule has 1 aliphatic rings. The van der Waals surface area contributed by atoms with E-state index in [9.17, 15) is 4.39 Å². The SMILES string of the molecule is COc1ccc(C2CNCC(CC(C)(C)C)O2)cc1F. The van der Waals surface area contributed by atoms with E-state index in [2.05, 4.69) is 26.1 Å². The zero-order valence-corrected chi connectivity index (χ0v) is 12.7. The van der Waals surface area contributed by atoms with E-state index >= 15 is 0 Å². The molecule has 0 saturated carbocycles. The monoisotopic (exact) mass is 281 g/mol. The zero-order valence-electron chi connectivity index (χ0n) is 12.7. The fourth-order valence-electron chi connectivity index (χ4n) is 2.59. The molecule has 0 aliphatic carbocycles. The molecule has 20 heavy (non-hydrogen) atoms. The largest absolute Gasteiger partial charge is 0.494 e. The van der Waals surface area contributed by atoms with Gasteiger partial charge in [-0.25, -0.2) is 4.39 Å². The highest BCUT2D eigenvalue weighted by atomic mass is 19.1. The fourth-order valence-corrected chi connectivity index (χ4v) is 2.59. The topological polar surface area (TPSA) is 30.5 Å². The van der Waals surface area contributed by atoms with Crippen LogP contribution in [0.1, 0.15) is 38.9 Å². The third-order valence-electron chi connectivity index (χ3n) is 3.45. The van der Waals surface area contributed by atoms with E-state index in [0.717, 1.165) is 18.5 Å². The number of ether oxygens (including phenoxy) is 2. The molecule has 1 aliphatic heterocycles. The van der Waals surface area contributed by atoms with Gasteiger partial charge in [-0.2, -0.15) is 0 Å². The smallest absolute Gasteiger partial charge is 0.165 e. The van der Waals surface area contributed by atoms with Gasteiger partial charge in [-0.05, 0) is 29.5 Å². The second-order valence-electron chi connectivity index (χ2n) is 6.56. The summed E-state index contributed by atoms with van der Waals surface area (Å²) in [5.74, 6) is -0.0738. The summed E-state index contributed by atoms with van der Waals surface area (Å²) in [5.41, 5.74) is 1.08. The molecule has 0 radical (unpaired) electrons. The first kappa shape index (κ1) is 15.3. The Labute approximate surface area is 120 Å². The quantitative estimate of drug-likeness (QED) is 0.922. The number of methoxy groups -OCH3 is 1. The minimum atomic E-state index is -0.341. The van der Waals surface area contributed by atoms with Crippen molar-refractivity contribution in [1.29, 1.82) is 0 Å². The van der Waals surface area contributed by atoms with Crippen molar-refractivity contribution in [1.82, 2.24) is 5.32 Å². The Morgan fingerprint density at radius 2 is 2.10 bits per heavy atom. The van der Waals surface area contributed by atoms with Gasteiger partial charge in [0.1, 0.15) is 0 Å². The summed E-state index contributed by atoms with van der Waals surface area (Å²) in [7, 11) is 1.47. The molecule has 3 nitrogen and oxygen atoms in total. The maximum Gasteiger partial charge on any atom is 0.165 e. The van der Waals surface area contributed by atoms with Crippen LogP contribution in [-0.2, 0) is 4.74 Å². The second kappa shape index (κ2) is 6.10. The molecule has 1 heterocycles. The Bertz CT molecular complexity index is 456. The lowest BCUT2D eigenvalue weighted by Crippen LogP contribution is -2.42. The Balaban J connectivity index is 2.07. The maximum atomic E-state index is 13.8. The first-order chi connectivity index (χ1) is 9.39. The molecule has 2 unspecified atom stereocenters. The van der Waals surface area contributed by atoms with Crippen LogP contribution in [0.5, 0.6) is 5.75 Å². The van der Waals surface area contributed by atoms with E-state index < -0.39 is 0 Å². The number of morpholine rings is 1. The first-order valence-electron chi connectivity index (χ1n) is 7.08. The van der Waals surface area contributed by atoms with Crippen LogP contribution in [0.2, 0.25) is 0 Å². The summed E-state index contributed by atoms with van der Waals surface area (Å²) in [5, 5.41) is 3.38. The molecule has 1 N–H and O–H groups in total. The third kappa shape index (κ3) is 3.93. The van der Waals surface area contributed by atoms with Crippen molar-refractivity contribution in [3.63, 3.8) is 0 Å². The van der Waals surface area contributed by atoms with Crippen LogP contribution >= 0.6 is 0 Å². The lowest BCUT2D eigenvalue weighted by molar-refractivity contribution is -0.0553. The van der Waals surface area contributed by atoms with Crippen LogP contribution in [0.15, 0.2) is 18.2 Å². The fraction of sp³-hybridized carbons (Fsp3) is 0.625. The molecule has 1 aromatic rings. The normalized spacial score (nSPS) is 23.6. The van der Waals surface area contributed by atoms with Gasteiger partial charge in [-0.15, -0.1) is 0 Å². The van der Waals surface area contributed by atoms with Crippen LogP contribution in [0.25, 0.3) is 0 Å². The molecule has 2 atom stereocenters. The van der Waals surface area contributed by atoms with Crippen molar-refractivity contribution in [2.24, 2.45) is 5.41 Å². The van der Waals surface area contributed by atoms with Crippen LogP contribution in [0.4, 0.5) is 4.39 Å². The predicted molar refractivity (Wildman–Crippen MR) is 77.5 cm³/mol. The van der Waals surface area contributed by atoms with Crippen LogP contribution in [0, 0.1) is 11.2 Å².